The van der Waals surface area contributed by atoms with Gasteiger partial charge in [-0.3, -0.25) is 9.59 Å². The van der Waals surface area contributed by atoms with Gasteiger partial charge in [0.1, 0.15) is 18.2 Å². The highest BCUT2D eigenvalue weighted by molar-refractivity contribution is 5.86. The number of ether oxygens (including phenoxy) is 1. The number of benzene rings is 2. The van der Waals surface area contributed by atoms with Gasteiger partial charge in [-0.05, 0) is 36.8 Å². The van der Waals surface area contributed by atoms with E-state index < -0.39 is 41.4 Å². The molecule has 6 nitrogen and oxygen atoms in total. The molecule has 2 aromatic carbocycles. The lowest BCUT2D eigenvalue weighted by Crippen LogP contribution is -2.33. The number of aromatic amines is 1. The highest BCUT2D eigenvalue weighted by atomic mass is 19.2. The van der Waals surface area contributed by atoms with Crippen molar-refractivity contribution in [1.29, 1.82) is 5.26 Å². The van der Waals surface area contributed by atoms with Crippen LogP contribution in [0.1, 0.15) is 31.1 Å². The summed E-state index contributed by atoms with van der Waals surface area (Å²) in [4.78, 5) is 27.4. The van der Waals surface area contributed by atoms with Crippen molar-refractivity contribution in [1.82, 2.24) is 10.3 Å². The number of fused-ring (bicyclic) bond motifs is 2. The van der Waals surface area contributed by atoms with Gasteiger partial charge in [0.05, 0.1) is 35.2 Å². The first-order chi connectivity index (χ1) is 14.3. The smallest absolute Gasteiger partial charge is 0.252 e. The zero-order chi connectivity index (χ0) is 21.6. The first kappa shape index (κ1) is 19.5. The van der Waals surface area contributed by atoms with Gasteiger partial charge < -0.3 is 15.0 Å². The topological polar surface area (TPSA) is 95.0 Å². The maximum Gasteiger partial charge on any atom is 0.252 e. The second-order valence-corrected chi connectivity index (χ2v) is 6.93. The maximum absolute atomic E-state index is 14.3. The van der Waals surface area contributed by atoms with Crippen molar-refractivity contribution in [2.45, 2.75) is 19.4 Å². The van der Waals surface area contributed by atoms with E-state index in [1.807, 2.05) is 6.07 Å². The van der Waals surface area contributed by atoms with Crippen molar-refractivity contribution in [2.24, 2.45) is 0 Å². The van der Waals surface area contributed by atoms with Crippen LogP contribution in [0.4, 0.5) is 13.2 Å². The van der Waals surface area contributed by atoms with E-state index in [9.17, 15) is 22.8 Å². The lowest BCUT2D eigenvalue weighted by atomic mass is 10.0. The van der Waals surface area contributed by atoms with Crippen LogP contribution in [0.5, 0.6) is 5.75 Å². The Morgan fingerprint density at radius 1 is 1.33 bits per heavy atom. The number of amides is 1. The molecule has 3 aromatic rings. The normalized spacial score (nSPS) is 14.8. The predicted molar refractivity (Wildman–Crippen MR) is 105 cm³/mol. The number of hydrogen-bond acceptors (Lipinski definition) is 4. The number of rotatable bonds is 3. The number of hydrogen-bond donors (Lipinski definition) is 2. The van der Waals surface area contributed by atoms with Gasteiger partial charge in [-0.2, -0.15) is 5.26 Å². The van der Waals surface area contributed by atoms with Gasteiger partial charge in [0.2, 0.25) is 5.91 Å². The zero-order valence-electron chi connectivity index (χ0n) is 15.6. The Kier molecular flexibility index (Phi) is 4.70. The third-order valence-corrected chi connectivity index (χ3v) is 5.09. The van der Waals surface area contributed by atoms with E-state index in [1.165, 1.54) is 19.1 Å². The molecule has 0 saturated heterocycles. The summed E-state index contributed by atoms with van der Waals surface area (Å²) in [6, 6.07) is 5.58. The number of carbonyl (C=O) groups is 1. The second kappa shape index (κ2) is 7.22. The summed E-state index contributed by atoms with van der Waals surface area (Å²) in [7, 11) is 0. The quantitative estimate of drug-likeness (QED) is 0.683. The van der Waals surface area contributed by atoms with E-state index in [2.05, 4.69) is 10.3 Å². The second-order valence-electron chi connectivity index (χ2n) is 6.93. The molecule has 30 heavy (non-hydrogen) atoms. The van der Waals surface area contributed by atoms with Crippen LogP contribution >= 0.6 is 0 Å². The van der Waals surface area contributed by atoms with Gasteiger partial charge in [-0.25, -0.2) is 13.2 Å². The lowest BCUT2D eigenvalue weighted by molar-refractivity contribution is -0.121. The van der Waals surface area contributed by atoms with E-state index in [0.717, 1.165) is 12.1 Å². The molecular formula is C21H18F3N3O3. The van der Waals surface area contributed by atoms with Crippen LogP contribution in [0.25, 0.3) is 10.9 Å². The van der Waals surface area contributed by atoms with E-state index >= 15 is 0 Å². The molecule has 0 radical (unpaired) electrons. The van der Waals surface area contributed by atoms with Crippen molar-refractivity contribution in [3.05, 3.63) is 74.3 Å². The first-order valence-electron chi connectivity index (χ1n) is 8.95. The maximum atomic E-state index is 14.3. The van der Waals surface area contributed by atoms with Gasteiger partial charge >= 0.3 is 0 Å². The molecule has 1 amide bonds. The Morgan fingerprint density at radius 3 is 2.83 bits per heavy atom. The van der Waals surface area contributed by atoms with Crippen LogP contribution in [0, 0.1) is 35.7 Å². The largest absolute Gasteiger partial charge is 0.491 e. The molecule has 9 heteroatoms. The van der Waals surface area contributed by atoms with Crippen LogP contribution in [-0.2, 0) is 11.2 Å². The molecule has 0 unspecified atom stereocenters. The predicted octanol–water partition coefficient (Wildman–Crippen LogP) is 3.41. The van der Waals surface area contributed by atoms with Gasteiger partial charge in [0, 0.05) is 13.8 Å². The number of halogens is 3. The summed E-state index contributed by atoms with van der Waals surface area (Å²) in [6.07, 6.45) is -0.420. The minimum atomic E-state index is -1.11. The van der Waals surface area contributed by atoms with Crippen LogP contribution in [0.2, 0.25) is 0 Å². The third kappa shape index (κ3) is 3.16. The number of nitrogens with zero attached hydrogens (tertiary/aromatic N) is 1. The molecule has 2 N–H and O–H groups in total. The molecule has 156 valence electrons. The summed E-state index contributed by atoms with van der Waals surface area (Å²) in [6.45, 7) is 1.39. The molecule has 1 atom stereocenters. The van der Waals surface area contributed by atoms with Gasteiger partial charge in [-0.1, -0.05) is 0 Å². The molecule has 1 aliphatic heterocycles. The Bertz CT molecular complexity index is 1320. The molecule has 0 aliphatic carbocycles. The average molecular weight is 417 g/mol. The molecule has 0 saturated carbocycles. The van der Waals surface area contributed by atoms with Crippen molar-refractivity contribution in [3.8, 4) is 11.8 Å². The molecular weight excluding hydrogens is 399 g/mol. The lowest BCUT2D eigenvalue weighted by Gasteiger charge is -2.14. The van der Waals surface area contributed by atoms with E-state index in [-0.39, 0.29) is 48.4 Å². The Balaban J connectivity index is 0.00000181. The summed E-state index contributed by atoms with van der Waals surface area (Å²) >= 11 is 0. The highest BCUT2D eigenvalue weighted by Crippen LogP contribution is 2.35. The summed E-state index contributed by atoms with van der Waals surface area (Å²) < 4.78 is 47.5. The SMILES string of the molecule is Cc1c(CC(=O)N[C@H]2COc3cc(C#N)cc(F)c32)c(=O)[nH]c2ccc(F)c(F)c12.[HH].[HH]. The number of nitrogens with one attached hydrogen (secondary N) is 2. The number of aryl methyl sites for hydroxylation is 1. The molecule has 2 heterocycles. The number of nitriles is 1. The zero-order valence-corrected chi connectivity index (χ0v) is 15.6. The molecule has 0 spiro atoms. The number of aromatic nitrogens is 1. The molecule has 0 bridgehead atoms. The van der Waals surface area contributed by atoms with Crippen LogP contribution in [-0.4, -0.2) is 17.5 Å². The minimum absolute atomic E-state index is 0. The van der Waals surface area contributed by atoms with Crippen molar-refractivity contribution in [3.63, 3.8) is 0 Å². The van der Waals surface area contributed by atoms with Crippen LogP contribution < -0.4 is 15.6 Å². The Morgan fingerprint density at radius 2 is 2.10 bits per heavy atom. The fourth-order valence-electron chi connectivity index (χ4n) is 3.64. The highest BCUT2D eigenvalue weighted by Gasteiger charge is 2.30. The number of H-pyrrole nitrogens is 1. The van der Waals surface area contributed by atoms with Crippen molar-refractivity contribution >= 4 is 16.8 Å². The number of carbonyl (C=O) groups excluding carboxylic acids is 1. The van der Waals surface area contributed by atoms with Gasteiger partial charge in [0.25, 0.3) is 5.56 Å². The fraction of sp³-hybridized carbons (Fsp3) is 0.190. The molecule has 1 aliphatic rings. The summed E-state index contributed by atoms with van der Waals surface area (Å²) in [5, 5.41) is 11.4. The van der Waals surface area contributed by atoms with E-state index in [0.29, 0.717) is 0 Å². The van der Waals surface area contributed by atoms with Gasteiger partial charge in [0.15, 0.2) is 11.6 Å². The van der Waals surface area contributed by atoms with Crippen molar-refractivity contribution < 1.29 is 25.6 Å². The Labute approximate surface area is 170 Å². The first-order valence-corrected chi connectivity index (χ1v) is 8.95. The minimum Gasteiger partial charge on any atom is -0.491 e. The Hall–Kier alpha value is -3.80. The van der Waals surface area contributed by atoms with Crippen molar-refractivity contribution in [2.75, 3.05) is 6.61 Å². The summed E-state index contributed by atoms with van der Waals surface area (Å²) in [5.74, 6) is -3.33. The van der Waals surface area contributed by atoms with Crippen LogP contribution in [0.3, 0.4) is 0 Å². The fourth-order valence-corrected chi connectivity index (χ4v) is 3.64. The number of pyridine rings is 1. The third-order valence-electron chi connectivity index (χ3n) is 5.09. The van der Waals surface area contributed by atoms with Gasteiger partial charge in [-0.15, -0.1) is 0 Å². The summed E-state index contributed by atoms with van der Waals surface area (Å²) in [5.41, 5.74) is -0.161. The van der Waals surface area contributed by atoms with Crippen LogP contribution in [0.15, 0.2) is 29.1 Å². The monoisotopic (exact) mass is 417 g/mol. The van der Waals surface area contributed by atoms with E-state index in [4.69, 9.17) is 10.00 Å². The molecule has 0 fully saturated rings. The average Bonchev–Trinajstić information content (AvgIpc) is 3.10. The standard InChI is InChI=1S/C21H14F3N3O3.2H2/c1-9-11(21(29)27-14-3-2-12(22)20(24)18(9)14)6-17(28)26-15-8-30-16-5-10(7-25)4-13(23)19(15)16;;/h2-5,15H,6,8H2,1H3,(H,26,28)(H,27,29);2*1H/t15-;;/m0../s1. The molecule has 1 aromatic heterocycles. The molecule has 4 rings (SSSR count). The van der Waals surface area contributed by atoms with E-state index in [1.54, 1.807) is 0 Å².